The summed E-state index contributed by atoms with van der Waals surface area (Å²) in [5, 5.41) is 15.8. The smallest absolute Gasteiger partial charge is 0.307 e. The van der Waals surface area contributed by atoms with Crippen molar-refractivity contribution in [2.75, 3.05) is 10.6 Å². The number of aliphatic carboxylic acids is 1. The molecule has 2 aromatic carbocycles. The Morgan fingerprint density at radius 1 is 0.967 bits per heavy atom. The topological polar surface area (TPSA) is 95.5 Å². The minimum atomic E-state index is -0.938. The summed E-state index contributed by atoms with van der Waals surface area (Å²) in [6.45, 7) is 1.85. The molecule has 0 aliphatic heterocycles. The van der Waals surface area contributed by atoms with Crippen molar-refractivity contribution in [2.24, 2.45) is 23.7 Å². The van der Waals surface area contributed by atoms with Crippen LogP contribution in [0.15, 0.2) is 54.6 Å². The molecule has 3 N–H and O–H groups in total. The van der Waals surface area contributed by atoms with Crippen molar-refractivity contribution in [3.63, 3.8) is 0 Å². The van der Waals surface area contributed by atoms with Gasteiger partial charge in [0.25, 0.3) is 5.91 Å². The molecule has 154 valence electrons. The number of carboxylic acids is 1. The lowest BCUT2D eigenvalue weighted by Crippen LogP contribution is -2.36. The van der Waals surface area contributed by atoms with Crippen molar-refractivity contribution in [3.8, 4) is 0 Å². The van der Waals surface area contributed by atoms with Crippen molar-refractivity contribution in [1.82, 2.24) is 0 Å². The molecule has 0 spiro atoms. The van der Waals surface area contributed by atoms with E-state index in [0.717, 1.165) is 5.56 Å². The molecule has 2 aromatic rings. The summed E-state index contributed by atoms with van der Waals surface area (Å²) in [6, 6.07) is 11.8. The number of fused-ring (bicyclic) bond motifs is 2. The van der Waals surface area contributed by atoms with Gasteiger partial charge < -0.3 is 15.7 Å². The summed E-state index contributed by atoms with van der Waals surface area (Å²) >= 11 is 5.87. The monoisotopic (exact) mass is 424 g/mol. The highest BCUT2D eigenvalue weighted by Crippen LogP contribution is 2.48. The van der Waals surface area contributed by atoms with E-state index in [2.05, 4.69) is 10.6 Å². The fraction of sp³-hybridized carbons (Fsp3) is 0.261. The standard InChI is InChI=1S/C23H21ClN2O4/c1-12-2-9-17(11-18(12)26-21(27)13-5-7-16(24)8-6-13)25-22(28)19-14-3-4-15(10-14)20(19)23(29)30/h2-9,11,14-15,19-20H,10H2,1H3,(H,25,28)(H,26,27)(H,29,30)/t14-,15-,19+,20+/m0/s1. The number of amides is 2. The summed E-state index contributed by atoms with van der Waals surface area (Å²) < 4.78 is 0. The minimum Gasteiger partial charge on any atom is -0.481 e. The minimum absolute atomic E-state index is 0.0503. The van der Waals surface area contributed by atoms with Gasteiger partial charge in [-0.3, -0.25) is 14.4 Å². The van der Waals surface area contributed by atoms with Gasteiger partial charge in [0.1, 0.15) is 0 Å². The second kappa shape index (κ2) is 7.95. The predicted molar refractivity (Wildman–Crippen MR) is 115 cm³/mol. The third-order valence-electron chi connectivity index (χ3n) is 5.91. The molecule has 7 heteroatoms. The highest BCUT2D eigenvalue weighted by molar-refractivity contribution is 6.30. The molecule has 0 radical (unpaired) electrons. The summed E-state index contributed by atoms with van der Waals surface area (Å²) in [7, 11) is 0. The van der Waals surface area contributed by atoms with Crippen LogP contribution in [0, 0.1) is 30.6 Å². The number of benzene rings is 2. The van der Waals surface area contributed by atoms with E-state index in [-0.39, 0.29) is 23.7 Å². The van der Waals surface area contributed by atoms with Crippen LogP contribution < -0.4 is 10.6 Å². The van der Waals surface area contributed by atoms with E-state index in [4.69, 9.17) is 11.6 Å². The fourth-order valence-electron chi connectivity index (χ4n) is 4.37. The number of carbonyl (C=O) groups is 3. The van der Waals surface area contributed by atoms with Crippen LogP contribution in [0.3, 0.4) is 0 Å². The van der Waals surface area contributed by atoms with Crippen molar-refractivity contribution in [2.45, 2.75) is 13.3 Å². The first-order valence-electron chi connectivity index (χ1n) is 9.73. The van der Waals surface area contributed by atoms with Gasteiger partial charge in [-0.15, -0.1) is 0 Å². The first kappa shape index (κ1) is 20.2. The van der Waals surface area contributed by atoms with Crippen LogP contribution >= 0.6 is 11.6 Å². The van der Waals surface area contributed by atoms with E-state index in [9.17, 15) is 19.5 Å². The lowest BCUT2D eigenvalue weighted by molar-refractivity contribution is -0.146. The molecule has 30 heavy (non-hydrogen) atoms. The Hall–Kier alpha value is -3.12. The Kier molecular flexibility index (Phi) is 5.35. The molecule has 0 heterocycles. The van der Waals surface area contributed by atoms with Gasteiger partial charge in [-0.2, -0.15) is 0 Å². The highest BCUT2D eigenvalue weighted by atomic mass is 35.5. The van der Waals surface area contributed by atoms with Gasteiger partial charge in [-0.1, -0.05) is 29.8 Å². The maximum absolute atomic E-state index is 12.9. The lowest BCUT2D eigenvalue weighted by Gasteiger charge is -2.24. The summed E-state index contributed by atoms with van der Waals surface area (Å²) in [5.74, 6) is -2.96. The molecule has 2 amide bonds. The number of hydrogen-bond acceptors (Lipinski definition) is 3. The van der Waals surface area contributed by atoms with Crippen LogP contribution in [0.25, 0.3) is 0 Å². The molecular weight excluding hydrogens is 404 g/mol. The van der Waals surface area contributed by atoms with Gasteiger partial charge in [-0.25, -0.2) is 0 Å². The average molecular weight is 425 g/mol. The molecule has 0 unspecified atom stereocenters. The van der Waals surface area contributed by atoms with Gasteiger partial charge in [-0.05, 0) is 67.1 Å². The molecule has 0 aromatic heterocycles. The van der Waals surface area contributed by atoms with Gasteiger partial charge in [0, 0.05) is 22.0 Å². The van der Waals surface area contributed by atoms with Crippen molar-refractivity contribution in [1.29, 1.82) is 0 Å². The number of halogens is 1. The SMILES string of the molecule is Cc1ccc(NC(=O)[C@H]2[C@H](C(=O)O)[C@H]3C=C[C@H]2C3)cc1NC(=O)c1ccc(Cl)cc1. The predicted octanol–water partition coefficient (Wildman–Crippen LogP) is 4.36. The van der Waals surface area contributed by atoms with E-state index >= 15 is 0 Å². The molecule has 4 rings (SSSR count). The van der Waals surface area contributed by atoms with Crippen molar-refractivity contribution in [3.05, 3.63) is 70.8 Å². The molecule has 2 aliphatic rings. The van der Waals surface area contributed by atoms with E-state index < -0.39 is 17.8 Å². The second-order valence-electron chi connectivity index (χ2n) is 7.82. The van der Waals surface area contributed by atoms with Gasteiger partial charge >= 0.3 is 5.97 Å². The summed E-state index contributed by atoms with van der Waals surface area (Å²) in [4.78, 5) is 37.1. The molecule has 0 saturated heterocycles. The zero-order valence-electron chi connectivity index (χ0n) is 16.3. The van der Waals surface area contributed by atoms with Gasteiger partial charge in [0.15, 0.2) is 0 Å². The Morgan fingerprint density at radius 3 is 2.30 bits per heavy atom. The molecule has 6 nitrogen and oxygen atoms in total. The maximum atomic E-state index is 12.9. The third kappa shape index (κ3) is 3.83. The first-order chi connectivity index (χ1) is 14.3. The molecule has 2 aliphatic carbocycles. The molecule has 4 atom stereocenters. The number of rotatable bonds is 5. The van der Waals surface area contributed by atoms with E-state index in [1.807, 2.05) is 19.1 Å². The Balaban J connectivity index is 1.50. The third-order valence-corrected chi connectivity index (χ3v) is 6.16. The number of carbonyl (C=O) groups excluding carboxylic acids is 2. The molecule has 1 saturated carbocycles. The molecule has 2 bridgehead atoms. The number of allylic oxidation sites excluding steroid dienone is 2. The number of anilines is 2. The number of hydrogen-bond donors (Lipinski definition) is 3. The quantitative estimate of drug-likeness (QED) is 0.621. The summed E-state index contributed by atoms with van der Waals surface area (Å²) in [5.41, 5.74) is 2.37. The normalized spacial score (nSPS) is 23.9. The number of carboxylic acid groups (broad SMARTS) is 1. The van der Waals surface area contributed by atoms with Gasteiger partial charge in [0.05, 0.1) is 11.8 Å². The van der Waals surface area contributed by atoms with Crippen LogP contribution in [-0.4, -0.2) is 22.9 Å². The largest absolute Gasteiger partial charge is 0.481 e. The fourth-order valence-corrected chi connectivity index (χ4v) is 4.50. The molecule has 1 fully saturated rings. The lowest BCUT2D eigenvalue weighted by atomic mass is 9.82. The van der Waals surface area contributed by atoms with Crippen molar-refractivity contribution >= 4 is 40.8 Å². The van der Waals surface area contributed by atoms with Crippen LogP contribution in [0.1, 0.15) is 22.3 Å². The zero-order chi connectivity index (χ0) is 21.4. The Bertz CT molecular complexity index is 1050. The van der Waals surface area contributed by atoms with Crippen LogP contribution in [0.2, 0.25) is 5.02 Å². The maximum Gasteiger partial charge on any atom is 0.307 e. The van der Waals surface area contributed by atoms with Crippen molar-refractivity contribution < 1.29 is 19.5 Å². The van der Waals surface area contributed by atoms with Gasteiger partial charge in [0.2, 0.25) is 5.91 Å². The zero-order valence-corrected chi connectivity index (χ0v) is 17.0. The highest BCUT2D eigenvalue weighted by Gasteiger charge is 2.51. The average Bonchev–Trinajstić information content (AvgIpc) is 3.32. The summed E-state index contributed by atoms with van der Waals surface area (Å²) in [6.07, 6.45) is 4.55. The number of aryl methyl sites for hydroxylation is 1. The van der Waals surface area contributed by atoms with Crippen LogP contribution in [-0.2, 0) is 9.59 Å². The van der Waals surface area contributed by atoms with E-state index in [0.29, 0.717) is 28.4 Å². The number of nitrogens with one attached hydrogen (secondary N) is 2. The first-order valence-corrected chi connectivity index (χ1v) is 10.1. The molecular formula is C23H21ClN2O4. The van der Waals surface area contributed by atoms with Crippen LogP contribution in [0.4, 0.5) is 11.4 Å². The van der Waals surface area contributed by atoms with E-state index in [1.54, 1.807) is 42.5 Å². The Morgan fingerprint density at radius 2 is 1.63 bits per heavy atom. The Labute approximate surface area is 178 Å². The second-order valence-corrected chi connectivity index (χ2v) is 8.25. The van der Waals surface area contributed by atoms with Crippen LogP contribution in [0.5, 0.6) is 0 Å². The van der Waals surface area contributed by atoms with E-state index in [1.165, 1.54) is 0 Å².